The normalized spacial score (nSPS) is 29.8. The fourth-order valence-electron chi connectivity index (χ4n) is 7.10. The molecule has 164 valence electrons. The molecule has 0 amide bonds. The van der Waals surface area contributed by atoms with Crippen molar-refractivity contribution >= 4 is 27.5 Å². The Morgan fingerprint density at radius 2 is 1.53 bits per heavy atom. The van der Waals surface area contributed by atoms with Crippen molar-refractivity contribution in [2.45, 2.75) is 65.5 Å². The van der Waals surface area contributed by atoms with Crippen molar-refractivity contribution in [2.75, 3.05) is 4.90 Å². The lowest BCUT2D eigenvalue weighted by Crippen LogP contribution is -2.68. The predicted molar refractivity (Wildman–Crippen MR) is 137 cm³/mol. The van der Waals surface area contributed by atoms with E-state index in [2.05, 4.69) is 111 Å². The summed E-state index contributed by atoms with van der Waals surface area (Å²) >= 11 is 0. The van der Waals surface area contributed by atoms with Crippen molar-refractivity contribution in [1.29, 1.82) is 0 Å². The average molecular weight is 423 g/mol. The monoisotopic (exact) mass is 422 g/mol. The first-order valence-corrected chi connectivity index (χ1v) is 12.2. The third-order valence-electron chi connectivity index (χ3n) is 9.26. The summed E-state index contributed by atoms with van der Waals surface area (Å²) in [6, 6.07) is 25.1. The summed E-state index contributed by atoms with van der Waals surface area (Å²) in [6.45, 7) is 12.3. The molecule has 0 spiro atoms. The Bertz CT molecular complexity index is 1330. The molecular formula is C30H34N2. The Kier molecular flexibility index (Phi) is 4.13. The van der Waals surface area contributed by atoms with Crippen LogP contribution in [-0.4, -0.2) is 16.1 Å². The number of hydrogen-bond donors (Lipinski definition) is 0. The number of piperidine rings is 2. The van der Waals surface area contributed by atoms with Gasteiger partial charge >= 0.3 is 0 Å². The number of para-hydroxylation sites is 2. The van der Waals surface area contributed by atoms with Crippen LogP contribution in [0.15, 0.2) is 66.7 Å². The van der Waals surface area contributed by atoms with E-state index >= 15 is 0 Å². The van der Waals surface area contributed by atoms with Crippen molar-refractivity contribution < 1.29 is 0 Å². The van der Waals surface area contributed by atoms with Crippen LogP contribution in [-0.2, 0) is 0 Å². The highest BCUT2D eigenvalue weighted by atomic mass is 15.3. The van der Waals surface area contributed by atoms with Gasteiger partial charge in [0.25, 0.3) is 0 Å². The molecule has 3 aliphatic rings. The first-order valence-electron chi connectivity index (χ1n) is 12.2. The van der Waals surface area contributed by atoms with Crippen molar-refractivity contribution in [3.8, 4) is 5.69 Å². The van der Waals surface area contributed by atoms with Gasteiger partial charge in [0.05, 0.1) is 11.0 Å². The minimum absolute atomic E-state index is 0.243. The highest BCUT2D eigenvalue weighted by Crippen LogP contribution is 2.58. The second kappa shape index (κ2) is 6.63. The molecule has 0 radical (unpaired) electrons. The van der Waals surface area contributed by atoms with E-state index in [1.165, 1.54) is 58.0 Å². The average Bonchev–Trinajstić information content (AvgIpc) is 3.10. The Hall–Kier alpha value is -2.74. The maximum atomic E-state index is 2.81. The Morgan fingerprint density at radius 3 is 2.28 bits per heavy atom. The largest absolute Gasteiger partial charge is 0.363 e. The minimum Gasteiger partial charge on any atom is -0.363 e. The number of hydrogen-bond acceptors (Lipinski definition) is 1. The molecule has 4 aromatic rings. The fraction of sp³-hybridized carbons (Fsp3) is 0.400. The van der Waals surface area contributed by atoms with Crippen molar-refractivity contribution in [3.63, 3.8) is 0 Å². The molecule has 3 unspecified atom stereocenters. The van der Waals surface area contributed by atoms with Gasteiger partial charge in [0.2, 0.25) is 0 Å². The van der Waals surface area contributed by atoms with Gasteiger partial charge in [0.1, 0.15) is 0 Å². The van der Waals surface area contributed by atoms with E-state index in [0.29, 0.717) is 11.5 Å². The predicted octanol–water partition coefficient (Wildman–Crippen LogP) is 7.89. The Labute approximate surface area is 191 Å². The van der Waals surface area contributed by atoms with Gasteiger partial charge in [0, 0.05) is 33.7 Å². The van der Waals surface area contributed by atoms with Crippen LogP contribution in [0.25, 0.3) is 27.5 Å². The van der Waals surface area contributed by atoms with E-state index in [-0.39, 0.29) is 5.54 Å². The molecule has 2 aliphatic heterocycles. The topological polar surface area (TPSA) is 8.17 Å². The minimum atomic E-state index is 0.243. The third-order valence-corrected chi connectivity index (χ3v) is 9.26. The molecule has 3 aromatic carbocycles. The molecule has 3 fully saturated rings. The molecule has 3 heterocycles. The summed E-state index contributed by atoms with van der Waals surface area (Å²) in [6.07, 6.45) is 3.93. The van der Waals surface area contributed by atoms with Crippen LogP contribution in [0.2, 0.25) is 0 Å². The number of anilines is 1. The lowest BCUT2D eigenvalue weighted by molar-refractivity contribution is -0.00504. The number of fused-ring (bicyclic) bond motifs is 6. The number of aryl methyl sites for hydroxylation is 1. The number of nitrogens with zero attached hydrogens (tertiary/aromatic N) is 2. The maximum absolute atomic E-state index is 2.81. The molecule has 1 aromatic heterocycles. The van der Waals surface area contributed by atoms with Gasteiger partial charge in [-0.1, -0.05) is 50.2 Å². The van der Waals surface area contributed by atoms with Crippen LogP contribution in [0.3, 0.4) is 0 Å². The molecule has 2 saturated heterocycles. The standard InChI is InChI=1S/C30H34N2/c1-20-17-28-25(24-13-9-10-14-26(24)31(28)23-11-7-6-8-12-23)18-27(20)32-22(3)30(5)16-15-29(32,4)19-21(30)2/h6-14,17-18,21-22H,15-16,19H2,1-5H3/t21?,22-,29?,30?/m0/s1. The van der Waals surface area contributed by atoms with Gasteiger partial charge in [-0.15, -0.1) is 0 Å². The summed E-state index contributed by atoms with van der Waals surface area (Å²) in [5.41, 5.74) is 7.26. The summed E-state index contributed by atoms with van der Waals surface area (Å²) in [5.74, 6) is 0.775. The van der Waals surface area contributed by atoms with Gasteiger partial charge in [-0.2, -0.15) is 0 Å². The zero-order valence-corrected chi connectivity index (χ0v) is 20.0. The smallest absolute Gasteiger partial charge is 0.0545 e. The molecule has 7 rings (SSSR count). The van der Waals surface area contributed by atoms with Crippen LogP contribution in [0.1, 0.15) is 52.5 Å². The first-order chi connectivity index (χ1) is 15.3. The molecule has 2 bridgehead atoms. The van der Waals surface area contributed by atoms with Gasteiger partial charge in [-0.05, 0) is 87.3 Å². The fourth-order valence-corrected chi connectivity index (χ4v) is 7.10. The van der Waals surface area contributed by atoms with Crippen LogP contribution in [0.4, 0.5) is 5.69 Å². The summed E-state index contributed by atoms with van der Waals surface area (Å²) in [4.78, 5) is 2.81. The van der Waals surface area contributed by atoms with Crippen molar-refractivity contribution in [1.82, 2.24) is 4.57 Å². The molecule has 2 nitrogen and oxygen atoms in total. The first kappa shape index (κ1) is 19.9. The molecule has 4 atom stereocenters. The zero-order valence-electron chi connectivity index (χ0n) is 20.0. The third kappa shape index (κ3) is 2.53. The van der Waals surface area contributed by atoms with Gasteiger partial charge in [-0.25, -0.2) is 0 Å². The Morgan fingerprint density at radius 1 is 0.812 bits per heavy atom. The molecule has 1 saturated carbocycles. The van der Waals surface area contributed by atoms with E-state index in [9.17, 15) is 0 Å². The van der Waals surface area contributed by atoms with Gasteiger partial charge in [0.15, 0.2) is 0 Å². The molecule has 1 aliphatic carbocycles. The van der Waals surface area contributed by atoms with E-state index in [1.54, 1.807) is 0 Å². The van der Waals surface area contributed by atoms with Crippen LogP contribution < -0.4 is 4.90 Å². The van der Waals surface area contributed by atoms with Crippen molar-refractivity contribution in [3.05, 3.63) is 72.3 Å². The highest BCUT2D eigenvalue weighted by Gasteiger charge is 2.56. The van der Waals surface area contributed by atoms with Gasteiger partial charge < -0.3 is 9.47 Å². The number of rotatable bonds is 2. The lowest BCUT2D eigenvalue weighted by Gasteiger charge is -2.65. The molecule has 2 heteroatoms. The maximum Gasteiger partial charge on any atom is 0.0545 e. The second-order valence-corrected chi connectivity index (χ2v) is 11.0. The number of benzene rings is 3. The molecule has 0 N–H and O–H groups in total. The molecular weight excluding hydrogens is 388 g/mol. The summed E-state index contributed by atoms with van der Waals surface area (Å²) < 4.78 is 2.43. The van der Waals surface area contributed by atoms with Crippen molar-refractivity contribution in [2.24, 2.45) is 11.3 Å². The summed E-state index contributed by atoms with van der Waals surface area (Å²) in [5, 5.41) is 2.70. The lowest BCUT2D eigenvalue weighted by atomic mass is 9.54. The number of aromatic nitrogens is 1. The Balaban J connectivity index is 1.62. The molecule has 32 heavy (non-hydrogen) atoms. The van der Waals surface area contributed by atoms with E-state index < -0.39 is 0 Å². The summed E-state index contributed by atoms with van der Waals surface area (Å²) in [7, 11) is 0. The second-order valence-electron chi connectivity index (χ2n) is 11.0. The van der Waals surface area contributed by atoms with Crippen LogP contribution >= 0.6 is 0 Å². The highest BCUT2D eigenvalue weighted by molar-refractivity contribution is 6.10. The SMILES string of the molecule is Cc1cc2c(cc1N1[C@@H](C)C3(C)CCC1(C)CC3C)c1ccccc1n2-c1ccccc1. The van der Waals surface area contributed by atoms with E-state index in [4.69, 9.17) is 0 Å². The van der Waals surface area contributed by atoms with E-state index in [0.717, 1.165) is 5.92 Å². The van der Waals surface area contributed by atoms with Crippen LogP contribution in [0.5, 0.6) is 0 Å². The van der Waals surface area contributed by atoms with Crippen LogP contribution in [0, 0.1) is 18.3 Å². The zero-order chi connectivity index (χ0) is 22.3. The quantitative estimate of drug-likeness (QED) is 0.319. The van der Waals surface area contributed by atoms with E-state index in [1.807, 2.05) is 0 Å². The van der Waals surface area contributed by atoms with Gasteiger partial charge in [-0.3, -0.25) is 0 Å².